The molecule has 0 spiro atoms. The average Bonchev–Trinajstić information content (AvgIpc) is 3.28. The number of aliphatic hydroxyl groups is 1. The van der Waals surface area contributed by atoms with Crippen molar-refractivity contribution in [1.29, 1.82) is 0 Å². The lowest BCUT2D eigenvalue weighted by Crippen LogP contribution is -2.23. The summed E-state index contributed by atoms with van der Waals surface area (Å²) in [6.07, 6.45) is 6.87. The third-order valence-electron chi connectivity index (χ3n) is 4.95. The Kier molecular flexibility index (Phi) is 5.15. The van der Waals surface area contributed by atoms with Crippen LogP contribution in [-0.2, 0) is 9.47 Å². The average molecular weight is 372 g/mol. The van der Waals surface area contributed by atoms with E-state index in [-0.39, 0.29) is 30.4 Å². The van der Waals surface area contributed by atoms with Gasteiger partial charge in [-0.25, -0.2) is 9.37 Å². The van der Waals surface area contributed by atoms with E-state index in [4.69, 9.17) is 14.6 Å². The van der Waals surface area contributed by atoms with Crippen LogP contribution in [0.5, 0.6) is 0 Å². The highest BCUT2D eigenvalue weighted by molar-refractivity contribution is 5.85. The number of hydrogen-bond acceptors (Lipinski definition) is 5. The van der Waals surface area contributed by atoms with Gasteiger partial charge in [0.1, 0.15) is 11.6 Å². The highest BCUT2D eigenvalue weighted by Gasteiger charge is 2.29. The first-order chi connectivity index (χ1) is 13.1. The maximum Gasteiger partial charge on any atom is 0.235 e. The van der Waals surface area contributed by atoms with E-state index >= 15 is 0 Å². The summed E-state index contributed by atoms with van der Waals surface area (Å²) in [6.45, 7) is 0.277. The van der Waals surface area contributed by atoms with Gasteiger partial charge in [0.2, 0.25) is 5.91 Å². The Balaban J connectivity index is 1.47. The Bertz CT molecular complexity index is 846. The molecule has 0 aliphatic carbocycles. The van der Waals surface area contributed by atoms with E-state index in [9.17, 15) is 9.18 Å². The number of carbonyl (C=O) groups is 1. The topological polar surface area (TPSA) is 73.6 Å². The molecule has 0 bridgehead atoms. The predicted octanol–water partition coefficient (Wildman–Crippen LogP) is 2.88. The van der Waals surface area contributed by atoms with Gasteiger partial charge in [-0.2, -0.15) is 0 Å². The van der Waals surface area contributed by atoms with Crippen molar-refractivity contribution in [3.63, 3.8) is 0 Å². The first-order valence-corrected chi connectivity index (χ1v) is 9.08. The van der Waals surface area contributed by atoms with Crippen molar-refractivity contribution < 1.29 is 23.8 Å². The normalized spacial score (nSPS) is 24.8. The lowest BCUT2D eigenvalue weighted by atomic mass is 9.97. The van der Waals surface area contributed by atoms with Crippen LogP contribution in [0.1, 0.15) is 29.9 Å². The molecule has 3 atom stereocenters. The summed E-state index contributed by atoms with van der Waals surface area (Å²) in [5.74, 6) is 0.0998. The summed E-state index contributed by atoms with van der Waals surface area (Å²) < 4.78 is 25.6. The van der Waals surface area contributed by atoms with Crippen LogP contribution in [0.4, 0.5) is 4.39 Å². The molecular formula is C20H21FN2O4. The smallest absolute Gasteiger partial charge is 0.235 e. The molecule has 0 amide bonds. The van der Waals surface area contributed by atoms with Gasteiger partial charge in [0.15, 0.2) is 6.29 Å². The molecule has 2 aliphatic rings. The first kappa shape index (κ1) is 18.0. The summed E-state index contributed by atoms with van der Waals surface area (Å²) in [5.41, 5.74) is 1.41. The van der Waals surface area contributed by atoms with Crippen LogP contribution < -0.4 is 0 Å². The summed E-state index contributed by atoms with van der Waals surface area (Å²) in [4.78, 5) is 17.5. The van der Waals surface area contributed by atoms with Crippen LogP contribution in [0.3, 0.4) is 0 Å². The molecule has 0 saturated carbocycles. The van der Waals surface area contributed by atoms with Gasteiger partial charge in [0, 0.05) is 17.7 Å². The second-order valence-corrected chi connectivity index (χ2v) is 6.82. The number of imidazole rings is 1. The van der Waals surface area contributed by atoms with Crippen LogP contribution in [0.2, 0.25) is 0 Å². The summed E-state index contributed by atoms with van der Waals surface area (Å²) >= 11 is 0. The molecule has 142 valence electrons. The van der Waals surface area contributed by atoms with Crippen LogP contribution in [0.25, 0.3) is 17.3 Å². The zero-order chi connectivity index (χ0) is 18.8. The molecule has 1 aromatic heterocycles. The van der Waals surface area contributed by atoms with Crippen molar-refractivity contribution in [2.45, 2.75) is 31.7 Å². The van der Waals surface area contributed by atoms with E-state index in [2.05, 4.69) is 4.98 Å². The van der Waals surface area contributed by atoms with Gasteiger partial charge < -0.3 is 14.6 Å². The number of benzene rings is 1. The second kappa shape index (κ2) is 7.72. The number of halogens is 1. The quantitative estimate of drug-likeness (QED) is 0.874. The summed E-state index contributed by atoms with van der Waals surface area (Å²) in [7, 11) is 0. The maximum absolute atomic E-state index is 13.1. The molecule has 2 aromatic rings. The third kappa shape index (κ3) is 3.85. The Morgan fingerprint density at radius 2 is 2.07 bits per heavy atom. The van der Waals surface area contributed by atoms with Crippen molar-refractivity contribution >= 4 is 12.0 Å². The number of hydrogen-bond donors (Lipinski definition) is 1. The highest BCUT2D eigenvalue weighted by atomic mass is 19.1. The molecule has 6 nitrogen and oxygen atoms in total. The fraction of sp³-hybridized carbons (Fsp3) is 0.400. The van der Waals surface area contributed by atoms with Gasteiger partial charge >= 0.3 is 0 Å². The second-order valence-electron chi connectivity index (χ2n) is 6.82. The molecular weight excluding hydrogens is 351 g/mol. The monoisotopic (exact) mass is 372 g/mol. The van der Waals surface area contributed by atoms with Crippen molar-refractivity contribution in [1.82, 2.24) is 9.55 Å². The molecule has 1 saturated heterocycles. The van der Waals surface area contributed by atoms with E-state index in [1.165, 1.54) is 12.1 Å². The maximum atomic E-state index is 13.1. The van der Waals surface area contributed by atoms with E-state index in [1.807, 2.05) is 12.2 Å². The standard InChI is InChI=1S/C20H21FN2O4/c21-15-7-4-13(5-8-15)17-10-23-18(22-17)3-1-2-14(20(23)25)6-9-16-12-26-19(11-24)27-16/h1,3-5,7-8,10,14,16,19,24H,2,6,9,11-12H2/t14?,16-,19+/m0/s1. The van der Waals surface area contributed by atoms with Gasteiger partial charge in [-0.05, 0) is 49.6 Å². The number of aliphatic hydroxyl groups excluding tert-OH is 1. The highest BCUT2D eigenvalue weighted by Crippen LogP contribution is 2.27. The molecule has 7 heteroatoms. The zero-order valence-corrected chi connectivity index (χ0v) is 14.8. The van der Waals surface area contributed by atoms with Gasteiger partial charge in [-0.1, -0.05) is 6.08 Å². The number of allylic oxidation sites excluding steroid dienone is 1. The van der Waals surface area contributed by atoms with Crippen molar-refractivity contribution in [3.05, 3.63) is 48.2 Å². The van der Waals surface area contributed by atoms with E-state index in [1.54, 1.807) is 22.9 Å². The number of aromatic nitrogens is 2. The van der Waals surface area contributed by atoms with Crippen molar-refractivity contribution in [2.75, 3.05) is 13.2 Å². The van der Waals surface area contributed by atoms with E-state index in [0.29, 0.717) is 37.4 Å². The molecule has 1 unspecified atom stereocenters. The van der Waals surface area contributed by atoms with Crippen LogP contribution in [-0.4, -0.2) is 46.2 Å². The fourth-order valence-corrected chi connectivity index (χ4v) is 3.47. The number of carbonyl (C=O) groups excluding carboxylic acids is 1. The minimum absolute atomic E-state index is 0.00603. The lowest BCUT2D eigenvalue weighted by Gasteiger charge is -2.15. The Hall–Kier alpha value is -2.35. The van der Waals surface area contributed by atoms with E-state index in [0.717, 1.165) is 5.56 Å². The number of nitrogens with zero attached hydrogens (tertiary/aromatic N) is 2. The Labute approximate surface area is 156 Å². The fourth-order valence-electron chi connectivity index (χ4n) is 3.47. The van der Waals surface area contributed by atoms with Gasteiger partial charge in [0.05, 0.1) is 25.0 Å². The molecule has 4 rings (SSSR count). The molecule has 0 radical (unpaired) electrons. The Morgan fingerprint density at radius 1 is 1.26 bits per heavy atom. The van der Waals surface area contributed by atoms with Gasteiger partial charge in [-0.3, -0.25) is 9.36 Å². The molecule has 1 fully saturated rings. The molecule has 27 heavy (non-hydrogen) atoms. The number of fused-ring (bicyclic) bond motifs is 1. The number of ether oxygens (including phenoxy) is 2. The van der Waals surface area contributed by atoms with Crippen molar-refractivity contribution in [3.8, 4) is 11.3 Å². The SMILES string of the molecule is O=C1C(CC[C@H]2CO[C@@H](CO)O2)CC=Cc2nc(-c3ccc(F)cc3)cn21. The van der Waals surface area contributed by atoms with Gasteiger partial charge in [-0.15, -0.1) is 0 Å². The molecule has 1 N–H and O–H groups in total. The largest absolute Gasteiger partial charge is 0.391 e. The summed E-state index contributed by atoms with van der Waals surface area (Å²) in [6, 6.07) is 6.06. The van der Waals surface area contributed by atoms with Crippen LogP contribution >= 0.6 is 0 Å². The molecule has 1 aromatic carbocycles. The first-order valence-electron chi connectivity index (χ1n) is 9.08. The zero-order valence-electron chi connectivity index (χ0n) is 14.8. The van der Waals surface area contributed by atoms with Crippen LogP contribution in [0, 0.1) is 11.7 Å². The summed E-state index contributed by atoms with van der Waals surface area (Å²) in [5, 5.41) is 9.06. The third-order valence-corrected chi connectivity index (χ3v) is 4.95. The Morgan fingerprint density at radius 3 is 2.81 bits per heavy atom. The molecule has 2 aliphatic heterocycles. The lowest BCUT2D eigenvalue weighted by molar-refractivity contribution is -0.0887. The van der Waals surface area contributed by atoms with Crippen molar-refractivity contribution in [2.24, 2.45) is 5.92 Å². The minimum Gasteiger partial charge on any atom is -0.391 e. The van der Waals surface area contributed by atoms with E-state index < -0.39 is 6.29 Å². The van der Waals surface area contributed by atoms with Crippen LogP contribution in [0.15, 0.2) is 36.5 Å². The molecule has 3 heterocycles. The predicted molar refractivity (Wildman–Crippen MR) is 96.3 cm³/mol. The number of rotatable bonds is 5. The minimum atomic E-state index is -0.557. The van der Waals surface area contributed by atoms with Gasteiger partial charge in [0.25, 0.3) is 0 Å².